The smallest absolute Gasteiger partial charge is 0.120 e. The zero-order valence-electron chi connectivity index (χ0n) is 7.75. The number of pyridine rings is 1. The largest absolute Gasteiger partial charge is 0.364 e. The van der Waals surface area contributed by atoms with E-state index in [1.807, 2.05) is 6.20 Å². The quantitative estimate of drug-likeness (QED) is 0.745. The van der Waals surface area contributed by atoms with Crippen molar-refractivity contribution in [3.63, 3.8) is 0 Å². The lowest BCUT2D eigenvalue weighted by molar-refractivity contribution is 0.242. The van der Waals surface area contributed by atoms with Crippen LogP contribution >= 0.6 is 15.9 Å². The van der Waals surface area contributed by atoms with Gasteiger partial charge in [-0.3, -0.25) is 4.98 Å². The number of ether oxygens (including phenoxy) is 1. The number of epoxide rings is 1. The van der Waals surface area contributed by atoms with Crippen molar-refractivity contribution >= 4 is 15.9 Å². The van der Waals surface area contributed by atoms with Crippen LogP contribution in [-0.4, -0.2) is 11.6 Å². The van der Waals surface area contributed by atoms with E-state index in [0.29, 0.717) is 5.92 Å². The first-order valence-corrected chi connectivity index (χ1v) is 5.19. The molecule has 2 heterocycles. The molecule has 2 rings (SSSR count). The van der Waals surface area contributed by atoms with Gasteiger partial charge >= 0.3 is 0 Å². The molecule has 0 unspecified atom stereocenters. The van der Waals surface area contributed by atoms with E-state index >= 15 is 0 Å². The predicted octanol–water partition coefficient (Wildman–Crippen LogP) is 2.73. The van der Waals surface area contributed by atoms with Crippen LogP contribution in [0.2, 0.25) is 0 Å². The van der Waals surface area contributed by atoms with Crippen molar-refractivity contribution in [2.45, 2.75) is 19.4 Å². The lowest BCUT2D eigenvalue weighted by Gasteiger charge is -2.15. The third-order valence-corrected chi connectivity index (χ3v) is 3.02. The molecule has 70 valence electrons. The molecule has 1 aromatic heterocycles. The Balaban J connectivity index is 2.35. The molecular weight excluding hydrogens is 230 g/mol. The summed E-state index contributed by atoms with van der Waals surface area (Å²) in [6.07, 6.45) is 3.68. The van der Waals surface area contributed by atoms with Gasteiger partial charge in [0.1, 0.15) is 5.60 Å². The van der Waals surface area contributed by atoms with Crippen LogP contribution in [-0.2, 0) is 10.3 Å². The monoisotopic (exact) mass is 241 g/mol. The van der Waals surface area contributed by atoms with Crippen LogP contribution in [0.4, 0.5) is 0 Å². The first kappa shape index (κ1) is 9.16. The molecule has 0 bridgehead atoms. The van der Waals surface area contributed by atoms with Gasteiger partial charge in [0.05, 0.1) is 6.61 Å². The number of hydrogen-bond acceptors (Lipinski definition) is 2. The maximum atomic E-state index is 5.54. The van der Waals surface area contributed by atoms with Gasteiger partial charge in [-0.15, -0.1) is 0 Å². The molecule has 3 heteroatoms. The van der Waals surface area contributed by atoms with Crippen LogP contribution in [0.5, 0.6) is 0 Å². The predicted molar refractivity (Wildman–Crippen MR) is 54.4 cm³/mol. The molecule has 1 atom stereocenters. The van der Waals surface area contributed by atoms with E-state index in [2.05, 4.69) is 40.8 Å². The molecule has 0 aromatic carbocycles. The second-order valence-corrected chi connectivity index (χ2v) is 4.64. The first-order valence-electron chi connectivity index (χ1n) is 4.40. The molecule has 1 aliphatic heterocycles. The topological polar surface area (TPSA) is 25.4 Å². The Morgan fingerprint density at radius 3 is 2.69 bits per heavy atom. The molecule has 0 spiro atoms. The average molecular weight is 242 g/mol. The normalized spacial score (nSPS) is 26.5. The van der Waals surface area contributed by atoms with Crippen molar-refractivity contribution in [3.05, 3.63) is 28.5 Å². The molecule has 1 fully saturated rings. The van der Waals surface area contributed by atoms with Crippen LogP contribution in [0, 0.1) is 5.92 Å². The number of aromatic nitrogens is 1. The van der Waals surface area contributed by atoms with Crippen LogP contribution in [0.15, 0.2) is 22.9 Å². The fraction of sp³-hybridized carbons (Fsp3) is 0.500. The summed E-state index contributed by atoms with van der Waals surface area (Å²) in [4.78, 5) is 4.15. The fourth-order valence-corrected chi connectivity index (χ4v) is 1.92. The maximum absolute atomic E-state index is 5.54. The number of halogens is 1. The Labute approximate surface area is 86.5 Å². The van der Waals surface area contributed by atoms with E-state index in [9.17, 15) is 0 Å². The molecule has 0 saturated carbocycles. The van der Waals surface area contributed by atoms with Crippen LogP contribution in [0.25, 0.3) is 0 Å². The van der Waals surface area contributed by atoms with Gasteiger partial charge in [-0.2, -0.15) is 0 Å². The standard InChI is InChI=1S/C10H12BrNO/c1-7(2)10(6-13-10)8-3-9(11)5-12-4-8/h3-5,7H,6H2,1-2H3/t10-/m1/s1. The highest BCUT2D eigenvalue weighted by molar-refractivity contribution is 9.10. The van der Waals surface area contributed by atoms with Gasteiger partial charge in [0.2, 0.25) is 0 Å². The van der Waals surface area contributed by atoms with Gasteiger partial charge in [0, 0.05) is 22.4 Å². The summed E-state index contributed by atoms with van der Waals surface area (Å²) in [6.45, 7) is 5.17. The molecular formula is C10H12BrNO. The molecule has 0 N–H and O–H groups in total. The summed E-state index contributed by atoms with van der Waals surface area (Å²) in [5.74, 6) is 0.503. The molecule has 1 saturated heterocycles. The minimum atomic E-state index is -0.0587. The number of nitrogens with zero attached hydrogens (tertiary/aromatic N) is 1. The fourth-order valence-electron chi connectivity index (χ4n) is 1.55. The molecule has 0 amide bonds. The van der Waals surface area contributed by atoms with Gasteiger partial charge < -0.3 is 4.74 Å². The minimum absolute atomic E-state index is 0.0587. The SMILES string of the molecule is CC(C)[C@@]1(c2cncc(Br)c2)CO1. The Morgan fingerprint density at radius 1 is 1.54 bits per heavy atom. The molecule has 13 heavy (non-hydrogen) atoms. The van der Waals surface area contributed by atoms with Crippen LogP contribution < -0.4 is 0 Å². The van der Waals surface area contributed by atoms with Crippen molar-refractivity contribution in [3.8, 4) is 0 Å². The minimum Gasteiger partial charge on any atom is -0.364 e. The van der Waals surface area contributed by atoms with Crippen molar-refractivity contribution in [2.24, 2.45) is 5.92 Å². The highest BCUT2D eigenvalue weighted by Gasteiger charge is 2.49. The molecule has 0 aliphatic carbocycles. The van der Waals surface area contributed by atoms with Crippen LogP contribution in [0.1, 0.15) is 19.4 Å². The number of rotatable bonds is 2. The van der Waals surface area contributed by atoms with E-state index in [1.165, 1.54) is 5.56 Å². The zero-order chi connectivity index (χ0) is 9.47. The van der Waals surface area contributed by atoms with E-state index < -0.39 is 0 Å². The first-order chi connectivity index (χ1) is 6.15. The van der Waals surface area contributed by atoms with Gasteiger partial charge in [-0.1, -0.05) is 13.8 Å². The van der Waals surface area contributed by atoms with Gasteiger partial charge in [0.25, 0.3) is 0 Å². The second kappa shape index (κ2) is 3.07. The van der Waals surface area contributed by atoms with Gasteiger partial charge in [-0.05, 0) is 27.9 Å². The molecule has 1 aliphatic rings. The van der Waals surface area contributed by atoms with Gasteiger partial charge in [0.15, 0.2) is 0 Å². The average Bonchev–Trinajstić information content (AvgIpc) is 2.83. The third kappa shape index (κ3) is 1.51. The summed E-state index contributed by atoms with van der Waals surface area (Å²) >= 11 is 3.41. The lowest BCUT2D eigenvalue weighted by atomic mass is 9.90. The Bertz CT molecular complexity index is 320. The van der Waals surface area contributed by atoms with E-state index in [-0.39, 0.29) is 5.60 Å². The van der Waals surface area contributed by atoms with Crippen molar-refractivity contribution in [1.29, 1.82) is 0 Å². The van der Waals surface area contributed by atoms with Crippen molar-refractivity contribution in [2.75, 3.05) is 6.61 Å². The summed E-state index contributed by atoms with van der Waals surface area (Å²) in [5.41, 5.74) is 1.12. The van der Waals surface area contributed by atoms with Gasteiger partial charge in [-0.25, -0.2) is 0 Å². The summed E-state index contributed by atoms with van der Waals surface area (Å²) in [7, 11) is 0. The zero-order valence-corrected chi connectivity index (χ0v) is 9.34. The second-order valence-electron chi connectivity index (χ2n) is 3.72. The molecule has 0 radical (unpaired) electrons. The highest BCUT2D eigenvalue weighted by Crippen LogP contribution is 2.45. The Hall–Kier alpha value is -0.410. The molecule has 2 nitrogen and oxygen atoms in total. The highest BCUT2D eigenvalue weighted by atomic mass is 79.9. The Morgan fingerprint density at radius 2 is 2.23 bits per heavy atom. The van der Waals surface area contributed by atoms with Crippen molar-refractivity contribution in [1.82, 2.24) is 4.98 Å². The third-order valence-electron chi connectivity index (χ3n) is 2.58. The Kier molecular flexibility index (Phi) is 2.16. The number of hydrogen-bond donors (Lipinski definition) is 0. The van der Waals surface area contributed by atoms with E-state index in [0.717, 1.165) is 11.1 Å². The lowest BCUT2D eigenvalue weighted by Crippen LogP contribution is -2.16. The maximum Gasteiger partial charge on any atom is 0.120 e. The van der Waals surface area contributed by atoms with E-state index in [4.69, 9.17) is 4.74 Å². The van der Waals surface area contributed by atoms with Crippen LogP contribution in [0.3, 0.4) is 0 Å². The van der Waals surface area contributed by atoms with E-state index in [1.54, 1.807) is 6.20 Å². The van der Waals surface area contributed by atoms with Crippen molar-refractivity contribution < 1.29 is 4.74 Å². The molecule has 1 aromatic rings. The summed E-state index contributed by atoms with van der Waals surface area (Å²) in [5, 5.41) is 0. The summed E-state index contributed by atoms with van der Waals surface area (Å²) in [6, 6.07) is 2.08. The summed E-state index contributed by atoms with van der Waals surface area (Å²) < 4.78 is 6.55.